The smallest absolute Gasteiger partial charge is 0.188 e. The molecule has 0 unspecified atom stereocenters. The molecule has 20 heavy (non-hydrogen) atoms. The van der Waals surface area contributed by atoms with Crippen molar-refractivity contribution in [3.63, 3.8) is 0 Å². The predicted octanol–water partition coefficient (Wildman–Crippen LogP) is 3.81. The van der Waals surface area contributed by atoms with Gasteiger partial charge in [-0.15, -0.1) is 0 Å². The number of nitrogens with zero attached hydrogens (tertiary/aromatic N) is 2. The second kappa shape index (κ2) is 7.99. The van der Waals surface area contributed by atoms with Gasteiger partial charge in [0.1, 0.15) is 0 Å². The lowest BCUT2D eigenvalue weighted by atomic mass is 10.1. The zero-order chi connectivity index (χ0) is 14.4. The highest BCUT2D eigenvalue weighted by Crippen LogP contribution is 2.18. The van der Waals surface area contributed by atoms with Gasteiger partial charge in [-0.25, -0.2) is 9.97 Å². The van der Waals surface area contributed by atoms with E-state index in [9.17, 15) is 0 Å². The first kappa shape index (κ1) is 15.8. The van der Waals surface area contributed by atoms with Gasteiger partial charge in [-0.05, 0) is 39.2 Å². The number of hydrogen-bond acceptors (Lipinski definition) is 4. The summed E-state index contributed by atoms with van der Waals surface area (Å²) in [7, 11) is 0. The molecule has 3 nitrogen and oxygen atoms in total. The maximum atomic E-state index is 4.56. The number of nitrogens with one attached hydrogen (secondary N) is 1. The molecule has 0 bridgehead atoms. The zero-order valence-electron chi connectivity index (χ0n) is 13.0. The van der Waals surface area contributed by atoms with E-state index in [1.807, 2.05) is 0 Å². The highest BCUT2D eigenvalue weighted by Gasteiger charge is 2.11. The van der Waals surface area contributed by atoms with Crippen LogP contribution in [0.1, 0.15) is 55.5 Å². The molecule has 0 atom stereocenters. The van der Waals surface area contributed by atoms with Gasteiger partial charge in [0.25, 0.3) is 0 Å². The summed E-state index contributed by atoms with van der Waals surface area (Å²) in [6.45, 7) is 7.28. The number of aromatic nitrogens is 2. The molecule has 1 saturated carbocycles. The Morgan fingerprint density at radius 1 is 1.00 bits per heavy atom. The fraction of sp³-hybridized carbons (Fsp3) is 0.750. The lowest BCUT2D eigenvalue weighted by Crippen LogP contribution is -2.30. The number of hydrogen-bond donors (Lipinski definition) is 1. The monoisotopic (exact) mass is 293 g/mol. The fourth-order valence-electron chi connectivity index (χ4n) is 2.69. The van der Waals surface area contributed by atoms with E-state index in [2.05, 4.69) is 36.1 Å². The third kappa shape index (κ3) is 4.74. The maximum absolute atomic E-state index is 4.56. The van der Waals surface area contributed by atoms with Crippen molar-refractivity contribution in [2.75, 3.05) is 12.3 Å². The van der Waals surface area contributed by atoms with E-state index in [-0.39, 0.29) is 0 Å². The molecule has 1 aliphatic carbocycles. The molecule has 4 heteroatoms. The second-order valence-electron chi connectivity index (χ2n) is 5.79. The molecule has 1 aromatic rings. The molecular formula is C16H27N3S. The predicted molar refractivity (Wildman–Crippen MR) is 86.5 cm³/mol. The minimum atomic E-state index is 0.737. The summed E-state index contributed by atoms with van der Waals surface area (Å²) in [6, 6.07) is 0.737. The lowest BCUT2D eigenvalue weighted by molar-refractivity contribution is 0.474. The first-order chi connectivity index (χ1) is 9.66. The largest absolute Gasteiger partial charge is 0.313 e. The molecular weight excluding hydrogens is 266 g/mol. The van der Waals surface area contributed by atoms with E-state index in [4.69, 9.17) is 0 Å². The zero-order valence-corrected chi connectivity index (χ0v) is 13.9. The minimum absolute atomic E-state index is 0.737. The Morgan fingerprint density at radius 2 is 1.60 bits per heavy atom. The van der Waals surface area contributed by atoms with Crippen LogP contribution in [0.15, 0.2) is 5.16 Å². The molecule has 2 rings (SSSR count). The van der Waals surface area contributed by atoms with Crippen molar-refractivity contribution in [1.82, 2.24) is 15.3 Å². The van der Waals surface area contributed by atoms with E-state index in [1.54, 1.807) is 11.8 Å². The molecule has 1 aromatic heterocycles. The summed E-state index contributed by atoms with van der Waals surface area (Å²) in [6.07, 6.45) is 8.33. The van der Waals surface area contributed by atoms with Crippen LogP contribution in [0.3, 0.4) is 0 Å². The molecule has 1 N–H and O–H groups in total. The van der Waals surface area contributed by atoms with Crippen LogP contribution in [0.5, 0.6) is 0 Å². The van der Waals surface area contributed by atoms with Gasteiger partial charge in [-0.1, -0.05) is 37.4 Å². The molecule has 0 aliphatic heterocycles. The van der Waals surface area contributed by atoms with Gasteiger partial charge in [0.2, 0.25) is 0 Å². The summed E-state index contributed by atoms with van der Waals surface area (Å²) in [5, 5.41) is 4.62. The summed E-state index contributed by atoms with van der Waals surface area (Å²) in [5.74, 6) is 1.05. The van der Waals surface area contributed by atoms with Gasteiger partial charge in [0, 0.05) is 29.7 Å². The van der Waals surface area contributed by atoms with Crippen LogP contribution in [0, 0.1) is 20.8 Å². The average molecular weight is 293 g/mol. The van der Waals surface area contributed by atoms with Crippen LogP contribution < -0.4 is 5.32 Å². The average Bonchev–Trinajstić information content (AvgIpc) is 2.69. The maximum Gasteiger partial charge on any atom is 0.188 e. The van der Waals surface area contributed by atoms with Crippen LogP contribution in [-0.2, 0) is 0 Å². The van der Waals surface area contributed by atoms with Crippen LogP contribution >= 0.6 is 11.8 Å². The molecule has 0 aromatic carbocycles. The molecule has 0 saturated heterocycles. The Labute approximate surface area is 127 Å². The van der Waals surface area contributed by atoms with Gasteiger partial charge in [0.05, 0.1) is 0 Å². The van der Waals surface area contributed by atoms with Gasteiger partial charge >= 0.3 is 0 Å². The molecule has 1 aliphatic rings. The molecule has 0 amide bonds. The van der Waals surface area contributed by atoms with E-state index >= 15 is 0 Å². The Bertz CT molecular complexity index is 403. The summed E-state index contributed by atoms with van der Waals surface area (Å²) < 4.78 is 0. The highest BCUT2D eigenvalue weighted by molar-refractivity contribution is 7.99. The van der Waals surface area contributed by atoms with Gasteiger partial charge in [0.15, 0.2) is 5.16 Å². The molecule has 112 valence electrons. The van der Waals surface area contributed by atoms with Crippen LogP contribution in [0.4, 0.5) is 0 Å². The van der Waals surface area contributed by atoms with Crippen molar-refractivity contribution in [2.24, 2.45) is 0 Å². The lowest BCUT2D eigenvalue weighted by Gasteiger charge is -2.15. The van der Waals surface area contributed by atoms with E-state index in [0.29, 0.717) is 0 Å². The second-order valence-corrected chi connectivity index (χ2v) is 6.86. The summed E-state index contributed by atoms with van der Waals surface area (Å²) >= 11 is 1.77. The van der Waals surface area contributed by atoms with Gasteiger partial charge in [-0.3, -0.25) is 0 Å². The third-order valence-electron chi connectivity index (χ3n) is 4.23. The van der Waals surface area contributed by atoms with Crippen molar-refractivity contribution < 1.29 is 0 Å². The normalized spacial score (nSPS) is 17.1. The Morgan fingerprint density at radius 3 is 2.20 bits per heavy atom. The van der Waals surface area contributed by atoms with E-state index in [0.717, 1.165) is 34.9 Å². The summed E-state index contributed by atoms with van der Waals surface area (Å²) in [5.41, 5.74) is 3.43. The van der Waals surface area contributed by atoms with Crippen molar-refractivity contribution in [3.05, 3.63) is 17.0 Å². The Hall–Kier alpha value is -0.610. The molecule has 1 heterocycles. The number of aryl methyl sites for hydroxylation is 2. The van der Waals surface area contributed by atoms with E-state index < -0.39 is 0 Å². The van der Waals surface area contributed by atoms with Crippen LogP contribution in [0.25, 0.3) is 0 Å². The Kier molecular flexibility index (Phi) is 6.30. The quantitative estimate of drug-likeness (QED) is 0.388. The van der Waals surface area contributed by atoms with Crippen molar-refractivity contribution >= 4 is 11.8 Å². The minimum Gasteiger partial charge on any atom is -0.313 e. The van der Waals surface area contributed by atoms with Crippen molar-refractivity contribution in [2.45, 2.75) is 70.5 Å². The molecule has 1 fully saturated rings. The first-order valence-corrected chi connectivity index (χ1v) is 8.83. The van der Waals surface area contributed by atoms with Gasteiger partial charge in [-0.2, -0.15) is 0 Å². The molecule has 0 spiro atoms. The van der Waals surface area contributed by atoms with Crippen molar-refractivity contribution in [1.29, 1.82) is 0 Å². The summed E-state index contributed by atoms with van der Waals surface area (Å²) in [4.78, 5) is 9.11. The topological polar surface area (TPSA) is 37.8 Å². The first-order valence-electron chi connectivity index (χ1n) is 7.85. The highest BCUT2D eigenvalue weighted by atomic mass is 32.2. The Balaban J connectivity index is 1.73. The number of rotatable bonds is 5. The van der Waals surface area contributed by atoms with Crippen LogP contribution in [-0.4, -0.2) is 28.3 Å². The SMILES string of the molecule is Cc1nc(SCCNC2CCCCCC2)nc(C)c1C. The number of thioether (sulfide) groups is 1. The third-order valence-corrected chi connectivity index (χ3v) is 5.08. The van der Waals surface area contributed by atoms with Crippen LogP contribution in [0.2, 0.25) is 0 Å². The van der Waals surface area contributed by atoms with Gasteiger partial charge < -0.3 is 5.32 Å². The fourth-order valence-corrected chi connectivity index (χ4v) is 3.50. The molecule has 0 radical (unpaired) electrons. The van der Waals surface area contributed by atoms with Crippen molar-refractivity contribution in [3.8, 4) is 0 Å². The van der Waals surface area contributed by atoms with E-state index in [1.165, 1.54) is 44.1 Å². The standard InChI is InChI=1S/C16H27N3S/c1-12-13(2)18-16(19-14(12)3)20-11-10-17-15-8-6-4-5-7-9-15/h15,17H,4-11H2,1-3H3.